The lowest BCUT2D eigenvalue weighted by Crippen LogP contribution is -2.07. The van der Waals surface area contributed by atoms with Crippen LogP contribution in [-0.2, 0) is 20.0 Å². The quantitative estimate of drug-likeness (QED) is 0.696. The maximum absolute atomic E-state index is 13.7. The number of hydrogen-bond donors (Lipinski definition) is 1. The molecule has 0 saturated heterocycles. The normalized spacial score (nSPS) is 11.3. The van der Waals surface area contributed by atoms with Gasteiger partial charge >= 0.3 is 0 Å². The maximum atomic E-state index is 13.7. The molecular formula is C12H12FIN6. The van der Waals surface area contributed by atoms with Gasteiger partial charge in [-0.15, -0.1) is 0 Å². The van der Waals surface area contributed by atoms with Crippen molar-refractivity contribution in [1.29, 1.82) is 0 Å². The van der Waals surface area contributed by atoms with Crippen LogP contribution in [0.1, 0.15) is 5.82 Å². The van der Waals surface area contributed by atoms with Gasteiger partial charge in [0.15, 0.2) is 5.82 Å². The number of nitrogens with two attached hydrogens (primary N) is 1. The fourth-order valence-electron chi connectivity index (χ4n) is 2.08. The van der Waals surface area contributed by atoms with E-state index in [-0.39, 0.29) is 5.82 Å². The van der Waals surface area contributed by atoms with Crippen molar-refractivity contribution in [3.8, 4) is 0 Å². The molecule has 0 amide bonds. The first-order valence-corrected chi connectivity index (χ1v) is 7.08. The number of aryl methyl sites for hydroxylation is 3. The molecule has 0 atom stereocenters. The number of nitrogens with zero attached hydrogens (tertiary/aromatic N) is 5. The third-order valence-corrected chi connectivity index (χ3v) is 3.85. The van der Waals surface area contributed by atoms with Crippen molar-refractivity contribution in [2.45, 2.75) is 13.0 Å². The molecule has 1 aromatic carbocycles. The third kappa shape index (κ3) is 2.35. The highest BCUT2D eigenvalue weighted by atomic mass is 127. The first kappa shape index (κ1) is 13.3. The molecule has 6 nitrogen and oxygen atoms in total. The summed E-state index contributed by atoms with van der Waals surface area (Å²) in [7, 11) is 1.81. The fourth-order valence-corrected chi connectivity index (χ4v) is 2.53. The van der Waals surface area contributed by atoms with Crippen molar-refractivity contribution in [2.75, 3.05) is 5.73 Å². The number of hydrogen-bond acceptors (Lipinski definition) is 4. The smallest absolute Gasteiger partial charge is 0.201 e. The standard InChI is InChI=1S/C12H12FIN6/c1-19-6-16-11(18-19)2-3-20-10-4-7(13)8(14)5-9(10)17-12(20)15/h4-6H,2-3H2,1H3,(H2,15,17). The van der Waals surface area contributed by atoms with Crippen LogP contribution in [0.5, 0.6) is 0 Å². The molecule has 104 valence electrons. The average Bonchev–Trinajstić information content (AvgIpc) is 2.92. The highest BCUT2D eigenvalue weighted by molar-refractivity contribution is 14.1. The largest absolute Gasteiger partial charge is 0.369 e. The van der Waals surface area contributed by atoms with Crippen LogP contribution in [-0.4, -0.2) is 24.3 Å². The van der Waals surface area contributed by atoms with Crippen LogP contribution in [0.15, 0.2) is 18.5 Å². The van der Waals surface area contributed by atoms with E-state index in [1.165, 1.54) is 6.07 Å². The number of nitrogen functional groups attached to an aromatic ring is 1. The van der Waals surface area contributed by atoms with Crippen LogP contribution >= 0.6 is 22.6 Å². The Bertz CT molecular complexity index is 778. The highest BCUT2D eigenvalue weighted by Gasteiger charge is 2.12. The van der Waals surface area contributed by atoms with Gasteiger partial charge in [0.2, 0.25) is 5.95 Å². The lowest BCUT2D eigenvalue weighted by molar-refractivity contribution is 0.620. The van der Waals surface area contributed by atoms with Gasteiger partial charge in [-0.1, -0.05) is 0 Å². The summed E-state index contributed by atoms with van der Waals surface area (Å²) in [6, 6.07) is 3.16. The van der Waals surface area contributed by atoms with E-state index in [2.05, 4.69) is 15.1 Å². The SMILES string of the molecule is Cn1cnc(CCn2c(N)nc3cc(I)c(F)cc32)n1. The van der Waals surface area contributed by atoms with Crippen LogP contribution in [0.25, 0.3) is 11.0 Å². The Balaban J connectivity index is 1.94. The molecule has 2 N–H and O–H groups in total. The molecule has 3 aromatic rings. The van der Waals surface area contributed by atoms with Crippen molar-refractivity contribution in [2.24, 2.45) is 7.05 Å². The van der Waals surface area contributed by atoms with Gasteiger partial charge in [-0.25, -0.2) is 14.4 Å². The Hall–Kier alpha value is -1.71. The van der Waals surface area contributed by atoms with Gasteiger partial charge in [0.1, 0.15) is 12.1 Å². The van der Waals surface area contributed by atoms with Crippen LogP contribution in [0.2, 0.25) is 0 Å². The molecule has 0 radical (unpaired) electrons. The van der Waals surface area contributed by atoms with Crippen LogP contribution in [0, 0.1) is 9.39 Å². The second-order valence-electron chi connectivity index (χ2n) is 4.46. The summed E-state index contributed by atoms with van der Waals surface area (Å²) in [5.41, 5.74) is 7.29. The molecule has 3 rings (SSSR count). The molecule has 2 heterocycles. The van der Waals surface area contributed by atoms with E-state index in [1.807, 2.05) is 29.6 Å². The number of aromatic nitrogens is 5. The Morgan fingerprint density at radius 2 is 2.20 bits per heavy atom. The monoisotopic (exact) mass is 386 g/mol. The average molecular weight is 386 g/mol. The molecule has 0 unspecified atom stereocenters. The molecule has 0 aliphatic carbocycles. The molecule has 0 saturated carbocycles. The van der Waals surface area contributed by atoms with Crippen molar-refractivity contribution in [3.05, 3.63) is 33.7 Å². The van der Waals surface area contributed by atoms with Gasteiger partial charge in [0.05, 0.1) is 14.6 Å². The summed E-state index contributed by atoms with van der Waals surface area (Å²) in [4.78, 5) is 8.41. The van der Waals surface area contributed by atoms with E-state index >= 15 is 0 Å². The number of benzene rings is 1. The van der Waals surface area contributed by atoms with Gasteiger partial charge < -0.3 is 10.3 Å². The molecule has 0 aliphatic heterocycles. The minimum atomic E-state index is -0.268. The van der Waals surface area contributed by atoms with Crippen molar-refractivity contribution >= 4 is 39.6 Å². The van der Waals surface area contributed by atoms with E-state index in [9.17, 15) is 4.39 Å². The van der Waals surface area contributed by atoms with Gasteiger partial charge in [0.25, 0.3) is 0 Å². The van der Waals surface area contributed by atoms with E-state index in [0.29, 0.717) is 33.5 Å². The highest BCUT2D eigenvalue weighted by Crippen LogP contribution is 2.23. The van der Waals surface area contributed by atoms with Crippen LogP contribution < -0.4 is 5.73 Å². The van der Waals surface area contributed by atoms with Crippen LogP contribution in [0.3, 0.4) is 0 Å². The number of anilines is 1. The van der Waals surface area contributed by atoms with Crippen molar-refractivity contribution in [3.63, 3.8) is 0 Å². The minimum absolute atomic E-state index is 0.268. The number of imidazole rings is 1. The zero-order chi connectivity index (χ0) is 14.3. The van der Waals surface area contributed by atoms with E-state index in [1.54, 1.807) is 21.6 Å². The minimum Gasteiger partial charge on any atom is -0.369 e. The molecular weight excluding hydrogens is 374 g/mol. The predicted molar refractivity (Wildman–Crippen MR) is 81.5 cm³/mol. The van der Waals surface area contributed by atoms with Gasteiger partial charge in [-0.05, 0) is 28.7 Å². The molecule has 0 fully saturated rings. The lowest BCUT2D eigenvalue weighted by atomic mass is 10.3. The zero-order valence-electron chi connectivity index (χ0n) is 10.7. The summed E-state index contributed by atoms with van der Waals surface area (Å²) >= 11 is 1.94. The van der Waals surface area contributed by atoms with Crippen molar-refractivity contribution in [1.82, 2.24) is 24.3 Å². The third-order valence-electron chi connectivity index (χ3n) is 3.03. The summed E-state index contributed by atoms with van der Waals surface area (Å²) in [6.07, 6.45) is 2.26. The second kappa shape index (κ2) is 5.00. The molecule has 20 heavy (non-hydrogen) atoms. The summed E-state index contributed by atoms with van der Waals surface area (Å²) in [5, 5.41) is 4.21. The Kier molecular flexibility index (Phi) is 3.32. The van der Waals surface area contributed by atoms with Crippen molar-refractivity contribution < 1.29 is 4.39 Å². The van der Waals surface area contributed by atoms with Gasteiger partial charge in [-0.2, -0.15) is 5.10 Å². The number of halogens is 2. The second-order valence-corrected chi connectivity index (χ2v) is 5.62. The number of rotatable bonds is 3. The molecule has 2 aromatic heterocycles. The van der Waals surface area contributed by atoms with Crippen LogP contribution in [0.4, 0.5) is 10.3 Å². The first-order valence-electron chi connectivity index (χ1n) is 6.00. The summed E-state index contributed by atoms with van der Waals surface area (Å²) in [6.45, 7) is 0.562. The Morgan fingerprint density at radius 1 is 1.40 bits per heavy atom. The topological polar surface area (TPSA) is 74.5 Å². The first-order chi connectivity index (χ1) is 9.54. The lowest BCUT2D eigenvalue weighted by Gasteiger charge is -2.05. The summed E-state index contributed by atoms with van der Waals surface area (Å²) in [5.74, 6) is 0.826. The Morgan fingerprint density at radius 3 is 2.90 bits per heavy atom. The van der Waals surface area contributed by atoms with Gasteiger partial charge in [-0.3, -0.25) is 4.68 Å². The fraction of sp³-hybridized carbons (Fsp3) is 0.250. The van der Waals surface area contributed by atoms with E-state index in [0.717, 1.165) is 5.82 Å². The molecule has 8 heteroatoms. The molecule has 0 spiro atoms. The summed E-state index contributed by atoms with van der Waals surface area (Å²) < 4.78 is 17.6. The molecule has 0 bridgehead atoms. The van der Waals surface area contributed by atoms with E-state index in [4.69, 9.17) is 5.73 Å². The molecule has 0 aliphatic rings. The number of fused-ring (bicyclic) bond motifs is 1. The maximum Gasteiger partial charge on any atom is 0.201 e. The Labute approximate surface area is 127 Å². The predicted octanol–water partition coefficient (Wildman–Crippen LogP) is 1.73. The van der Waals surface area contributed by atoms with E-state index < -0.39 is 0 Å². The van der Waals surface area contributed by atoms with Gasteiger partial charge in [0, 0.05) is 26.1 Å². The zero-order valence-corrected chi connectivity index (χ0v) is 12.9.